The highest BCUT2D eigenvalue weighted by molar-refractivity contribution is 6.33. The number of pyridine rings is 1. The number of halogens is 4. The molecule has 0 aliphatic heterocycles. The highest BCUT2D eigenvalue weighted by atomic mass is 35.5. The molecular weight excluding hydrogens is 343 g/mol. The summed E-state index contributed by atoms with van der Waals surface area (Å²) in [6.07, 6.45) is -3.80. The fourth-order valence-corrected chi connectivity index (χ4v) is 2.19. The van der Waals surface area contributed by atoms with Crippen molar-refractivity contribution in [2.24, 2.45) is 5.10 Å². The molecule has 1 aromatic carbocycles. The Morgan fingerprint density at radius 2 is 2.00 bits per heavy atom. The van der Waals surface area contributed by atoms with Gasteiger partial charge in [-0.15, -0.1) is 0 Å². The summed E-state index contributed by atoms with van der Waals surface area (Å²) in [5.41, 5.74) is 4.02. The maximum atomic E-state index is 12.6. The van der Waals surface area contributed by atoms with Gasteiger partial charge in [-0.1, -0.05) is 23.2 Å². The Kier molecular flexibility index (Phi) is 5.33. The average Bonchev–Trinajstić information content (AvgIpc) is 2.52. The average molecular weight is 358 g/mol. The van der Waals surface area contributed by atoms with Gasteiger partial charge < -0.3 is 4.74 Å². The van der Waals surface area contributed by atoms with Crippen molar-refractivity contribution in [3.8, 4) is 5.75 Å². The molecule has 1 aromatic heterocycles. The number of anilines is 1. The van der Waals surface area contributed by atoms with E-state index in [0.29, 0.717) is 17.7 Å². The van der Waals surface area contributed by atoms with Gasteiger partial charge in [0.05, 0.1) is 23.4 Å². The number of aryl methyl sites for hydroxylation is 1. The molecule has 0 saturated carbocycles. The number of ether oxygens (including phenoxy) is 1. The number of hydrazone groups is 1. The van der Waals surface area contributed by atoms with Crippen LogP contribution in [0.25, 0.3) is 0 Å². The minimum Gasteiger partial charge on any atom is -0.496 e. The summed E-state index contributed by atoms with van der Waals surface area (Å²) in [6.45, 7) is 3.67. The first-order valence-electron chi connectivity index (χ1n) is 6.90. The van der Waals surface area contributed by atoms with Crippen LogP contribution in [0, 0.1) is 6.92 Å². The van der Waals surface area contributed by atoms with Crippen molar-refractivity contribution in [2.45, 2.75) is 20.0 Å². The third-order valence-electron chi connectivity index (χ3n) is 3.24. The van der Waals surface area contributed by atoms with Crippen LogP contribution < -0.4 is 10.2 Å². The second kappa shape index (κ2) is 7.09. The maximum absolute atomic E-state index is 12.6. The fraction of sp³-hybridized carbons (Fsp3) is 0.250. The first kappa shape index (κ1) is 18.1. The predicted octanol–water partition coefficient (Wildman–Crippen LogP) is 4.91. The summed E-state index contributed by atoms with van der Waals surface area (Å²) in [7, 11) is 1.54. The van der Waals surface area contributed by atoms with Gasteiger partial charge in [-0.05, 0) is 32.0 Å². The van der Waals surface area contributed by atoms with Crippen molar-refractivity contribution in [2.75, 3.05) is 12.5 Å². The number of aromatic nitrogens is 1. The summed E-state index contributed by atoms with van der Waals surface area (Å²) in [6, 6.07) is 6.40. The predicted molar refractivity (Wildman–Crippen MR) is 87.8 cm³/mol. The van der Waals surface area contributed by atoms with Gasteiger partial charge in [0.25, 0.3) is 0 Å². The van der Waals surface area contributed by atoms with E-state index in [9.17, 15) is 13.2 Å². The molecule has 2 rings (SSSR count). The van der Waals surface area contributed by atoms with Crippen LogP contribution in [-0.2, 0) is 6.18 Å². The first-order chi connectivity index (χ1) is 11.2. The molecule has 0 atom stereocenters. The van der Waals surface area contributed by atoms with E-state index in [1.165, 1.54) is 0 Å². The SMILES string of the molecule is COc1ccc(C)cc1/C(C)=N\Nc1ncc(C(F)(F)F)cc1Cl. The zero-order valence-electron chi connectivity index (χ0n) is 13.2. The largest absolute Gasteiger partial charge is 0.496 e. The minimum absolute atomic E-state index is 0.0376. The normalized spacial score (nSPS) is 12.2. The van der Waals surface area contributed by atoms with Crippen LogP contribution >= 0.6 is 11.6 Å². The van der Waals surface area contributed by atoms with Crippen molar-refractivity contribution in [1.29, 1.82) is 0 Å². The van der Waals surface area contributed by atoms with Crippen LogP contribution in [0.2, 0.25) is 5.02 Å². The molecule has 0 amide bonds. The lowest BCUT2D eigenvalue weighted by atomic mass is 10.1. The zero-order chi connectivity index (χ0) is 17.9. The molecule has 2 aromatic rings. The second-order valence-corrected chi connectivity index (χ2v) is 5.47. The van der Waals surface area contributed by atoms with Crippen molar-refractivity contribution >= 4 is 23.1 Å². The Morgan fingerprint density at radius 3 is 2.58 bits per heavy atom. The van der Waals surface area contributed by atoms with Crippen molar-refractivity contribution in [3.05, 3.63) is 52.2 Å². The number of alkyl halides is 3. The van der Waals surface area contributed by atoms with Gasteiger partial charge >= 0.3 is 6.18 Å². The summed E-state index contributed by atoms with van der Waals surface area (Å²) in [5, 5.41) is 3.96. The van der Waals surface area contributed by atoms with E-state index in [-0.39, 0.29) is 10.8 Å². The van der Waals surface area contributed by atoms with Crippen LogP contribution in [0.5, 0.6) is 5.75 Å². The molecule has 8 heteroatoms. The van der Waals surface area contributed by atoms with E-state index >= 15 is 0 Å². The number of hydrogen-bond donors (Lipinski definition) is 1. The molecule has 1 N–H and O–H groups in total. The lowest BCUT2D eigenvalue weighted by Crippen LogP contribution is -2.07. The Hall–Kier alpha value is -2.28. The molecule has 0 aliphatic rings. The fourth-order valence-electron chi connectivity index (χ4n) is 1.98. The number of nitrogens with one attached hydrogen (secondary N) is 1. The molecule has 0 fully saturated rings. The number of rotatable bonds is 4. The number of methoxy groups -OCH3 is 1. The highest BCUT2D eigenvalue weighted by Crippen LogP contribution is 2.32. The van der Waals surface area contributed by atoms with Crippen LogP contribution in [0.15, 0.2) is 35.6 Å². The molecule has 0 spiro atoms. The molecule has 0 bridgehead atoms. The van der Waals surface area contributed by atoms with E-state index in [2.05, 4.69) is 15.5 Å². The lowest BCUT2D eigenvalue weighted by Gasteiger charge is -2.11. The smallest absolute Gasteiger partial charge is 0.417 e. The van der Waals surface area contributed by atoms with E-state index in [0.717, 1.165) is 17.2 Å². The third-order valence-corrected chi connectivity index (χ3v) is 3.53. The van der Waals surface area contributed by atoms with Gasteiger partial charge in [0.1, 0.15) is 5.75 Å². The molecule has 0 aliphatic carbocycles. The van der Waals surface area contributed by atoms with E-state index in [4.69, 9.17) is 16.3 Å². The van der Waals surface area contributed by atoms with Gasteiger partial charge in [0.2, 0.25) is 0 Å². The Balaban J connectivity index is 2.26. The molecule has 4 nitrogen and oxygen atoms in total. The summed E-state index contributed by atoms with van der Waals surface area (Å²) in [5.74, 6) is 0.672. The standard InChI is InChI=1S/C16H15ClF3N3O/c1-9-4-5-14(24-3)12(6-9)10(2)22-23-15-13(17)7-11(8-21-15)16(18,19)20/h4-8H,1-3H3,(H,21,23)/b22-10-. The quantitative estimate of drug-likeness (QED) is 0.625. The second-order valence-electron chi connectivity index (χ2n) is 5.06. The Morgan fingerprint density at radius 1 is 1.29 bits per heavy atom. The number of nitrogens with zero attached hydrogens (tertiary/aromatic N) is 2. The molecule has 1 heterocycles. The van der Waals surface area contributed by atoms with Crippen molar-refractivity contribution in [1.82, 2.24) is 4.98 Å². The number of hydrogen-bond acceptors (Lipinski definition) is 4. The maximum Gasteiger partial charge on any atom is 0.417 e. The van der Waals surface area contributed by atoms with Gasteiger partial charge in [-0.25, -0.2) is 4.98 Å². The first-order valence-corrected chi connectivity index (χ1v) is 7.28. The van der Waals surface area contributed by atoms with Gasteiger partial charge in [0, 0.05) is 11.8 Å². The van der Waals surface area contributed by atoms with Crippen LogP contribution in [0.1, 0.15) is 23.6 Å². The third kappa shape index (κ3) is 4.17. The van der Waals surface area contributed by atoms with Crippen molar-refractivity contribution in [3.63, 3.8) is 0 Å². The van der Waals surface area contributed by atoms with Gasteiger partial charge in [-0.2, -0.15) is 18.3 Å². The number of benzene rings is 1. The molecule has 24 heavy (non-hydrogen) atoms. The summed E-state index contributed by atoms with van der Waals surface area (Å²) >= 11 is 5.83. The molecule has 0 radical (unpaired) electrons. The van der Waals surface area contributed by atoms with Crippen molar-refractivity contribution < 1.29 is 17.9 Å². The monoisotopic (exact) mass is 357 g/mol. The van der Waals surface area contributed by atoms with E-state index in [1.807, 2.05) is 25.1 Å². The van der Waals surface area contributed by atoms with Crippen LogP contribution in [0.3, 0.4) is 0 Å². The Labute approximate surface area is 142 Å². The van der Waals surface area contributed by atoms with E-state index < -0.39 is 11.7 Å². The molecule has 0 unspecified atom stereocenters. The summed E-state index contributed by atoms with van der Waals surface area (Å²) in [4.78, 5) is 3.67. The topological polar surface area (TPSA) is 46.5 Å². The molecular formula is C16H15ClF3N3O. The van der Waals surface area contributed by atoms with Crippen LogP contribution in [0.4, 0.5) is 19.0 Å². The molecule has 128 valence electrons. The summed E-state index contributed by atoms with van der Waals surface area (Å²) < 4.78 is 43.1. The highest BCUT2D eigenvalue weighted by Gasteiger charge is 2.31. The zero-order valence-corrected chi connectivity index (χ0v) is 14.0. The minimum atomic E-state index is -4.50. The van der Waals surface area contributed by atoms with Gasteiger partial charge in [0.15, 0.2) is 5.82 Å². The van der Waals surface area contributed by atoms with Gasteiger partial charge in [-0.3, -0.25) is 5.43 Å². The lowest BCUT2D eigenvalue weighted by molar-refractivity contribution is -0.137. The Bertz CT molecular complexity index is 776. The van der Waals surface area contributed by atoms with Crippen LogP contribution in [-0.4, -0.2) is 17.8 Å². The van der Waals surface area contributed by atoms with E-state index in [1.54, 1.807) is 14.0 Å². The molecule has 0 saturated heterocycles.